The fraction of sp³-hybridized carbons (Fsp3) is 0.400. The molecule has 0 spiro atoms. The molecule has 0 aromatic heterocycles. The van der Waals surface area contributed by atoms with Gasteiger partial charge in [-0.05, 0) is 18.2 Å². The number of anilines is 1. The number of amides is 1. The monoisotopic (exact) mass is 383 g/mol. The predicted molar refractivity (Wildman–Crippen MR) is 83.1 cm³/mol. The minimum atomic E-state index is -0.633. The van der Waals surface area contributed by atoms with E-state index >= 15 is 0 Å². The number of aliphatic hydroxyl groups excluding tert-OH is 1. The average Bonchev–Trinajstić information content (AvgIpc) is 3.00. The van der Waals surface area contributed by atoms with Crippen LogP contribution in [0.25, 0.3) is 0 Å². The van der Waals surface area contributed by atoms with Gasteiger partial charge in [0, 0.05) is 10.9 Å². The molecule has 7 nitrogen and oxygen atoms in total. The number of ketones is 1. The first-order chi connectivity index (χ1) is 10.9. The highest BCUT2D eigenvalue weighted by atomic mass is 79.9. The summed E-state index contributed by atoms with van der Waals surface area (Å²) < 4.78 is 5.48. The predicted octanol–water partition coefficient (Wildman–Crippen LogP) is -0.873. The second kappa shape index (κ2) is 6.03. The van der Waals surface area contributed by atoms with Gasteiger partial charge in [-0.1, -0.05) is 15.9 Å². The number of carbonyl (C=O) groups is 3. The first kappa shape index (κ1) is 16.1. The first-order valence-corrected chi connectivity index (χ1v) is 7.98. The molecule has 0 radical (unpaired) electrons. The van der Waals surface area contributed by atoms with E-state index in [4.69, 9.17) is 4.74 Å². The van der Waals surface area contributed by atoms with E-state index < -0.39 is 29.8 Å². The average molecular weight is 384 g/mol. The summed E-state index contributed by atoms with van der Waals surface area (Å²) in [6, 6.07) is 4.52. The van der Waals surface area contributed by atoms with Gasteiger partial charge in [-0.3, -0.25) is 14.5 Å². The van der Waals surface area contributed by atoms with E-state index in [-0.39, 0.29) is 13.1 Å². The van der Waals surface area contributed by atoms with Crippen LogP contribution in [0.5, 0.6) is 0 Å². The van der Waals surface area contributed by atoms with Crippen molar-refractivity contribution in [1.29, 1.82) is 0 Å². The number of carbonyl (C=O) groups excluding carboxylic acids is 3. The summed E-state index contributed by atoms with van der Waals surface area (Å²) in [6.45, 7) is 0.458. The van der Waals surface area contributed by atoms with Crippen LogP contribution in [-0.4, -0.2) is 55.2 Å². The largest absolute Gasteiger partial charge is 0.465 e. The van der Waals surface area contributed by atoms with Gasteiger partial charge in [0.05, 0.1) is 18.4 Å². The molecule has 1 saturated heterocycles. The fourth-order valence-corrected chi connectivity index (χ4v) is 3.54. The molecule has 122 valence electrons. The van der Waals surface area contributed by atoms with E-state index in [2.05, 4.69) is 15.9 Å². The zero-order valence-electron chi connectivity index (χ0n) is 12.4. The number of aliphatic hydroxyl groups is 1. The van der Waals surface area contributed by atoms with Crippen molar-refractivity contribution in [3.05, 3.63) is 28.2 Å². The van der Waals surface area contributed by atoms with Gasteiger partial charge in [-0.25, -0.2) is 4.79 Å². The van der Waals surface area contributed by atoms with Gasteiger partial charge in [-0.2, -0.15) is 0 Å². The molecule has 1 unspecified atom stereocenters. The van der Waals surface area contributed by atoms with E-state index in [0.29, 0.717) is 22.7 Å². The Hall–Kier alpha value is -1.77. The Morgan fingerprint density at radius 3 is 2.91 bits per heavy atom. The molecule has 23 heavy (non-hydrogen) atoms. The third-order valence-electron chi connectivity index (χ3n) is 4.28. The molecule has 2 heterocycles. The number of quaternary nitrogens is 1. The molecule has 0 saturated carbocycles. The summed E-state index contributed by atoms with van der Waals surface area (Å²) in [5.74, 6) is -1.60. The van der Waals surface area contributed by atoms with Gasteiger partial charge in [0.15, 0.2) is 12.7 Å². The Balaban J connectivity index is 1.87. The lowest BCUT2D eigenvalue weighted by Gasteiger charge is -2.24. The minimum Gasteiger partial charge on any atom is -0.465 e. The quantitative estimate of drug-likeness (QED) is 0.523. The van der Waals surface area contributed by atoms with Gasteiger partial charge in [-0.15, -0.1) is 0 Å². The number of methoxy groups -OCH3 is 1. The van der Waals surface area contributed by atoms with Crippen molar-refractivity contribution in [2.75, 3.05) is 25.2 Å². The van der Waals surface area contributed by atoms with E-state index in [1.54, 1.807) is 18.2 Å². The molecule has 2 aliphatic heterocycles. The van der Waals surface area contributed by atoms with Crippen molar-refractivity contribution in [1.82, 2.24) is 0 Å². The van der Waals surface area contributed by atoms with Gasteiger partial charge >= 0.3 is 11.9 Å². The van der Waals surface area contributed by atoms with Crippen molar-refractivity contribution >= 4 is 39.3 Å². The zero-order valence-corrected chi connectivity index (χ0v) is 14.0. The summed E-state index contributed by atoms with van der Waals surface area (Å²) in [6.07, 6.45) is -0.350. The van der Waals surface area contributed by atoms with Crippen molar-refractivity contribution in [3.8, 4) is 0 Å². The Morgan fingerprint density at radius 2 is 2.22 bits per heavy atom. The number of nitrogens with one attached hydrogen (secondary N) is 1. The van der Waals surface area contributed by atoms with Gasteiger partial charge in [0.25, 0.3) is 5.78 Å². The maximum absolute atomic E-state index is 12.3. The summed E-state index contributed by atoms with van der Waals surface area (Å²) in [4.78, 5) is 38.3. The van der Waals surface area contributed by atoms with Crippen molar-refractivity contribution in [2.24, 2.45) is 0 Å². The molecule has 1 aromatic rings. The third kappa shape index (κ3) is 2.77. The topological polar surface area (TPSA) is 88.3 Å². The van der Waals surface area contributed by atoms with Crippen LogP contribution in [0.1, 0.15) is 16.8 Å². The summed E-state index contributed by atoms with van der Waals surface area (Å²) >= 11 is 3.28. The van der Waals surface area contributed by atoms with Gasteiger partial charge in [0.2, 0.25) is 0 Å². The molecule has 3 rings (SSSR count). The number of benzene rings is 1. The SMILES string of the molecule is COC(=O)[C@@H]1C[C@H](O)C[NH+]1CN1C(=O)C(=O)c2cc(Br)ccc21. The Morgan fingerprint density at radius 1 is 1.48 bits per heavy atom. The molecule has 2 N–H and O–H groups in total. The van der Waals surface area contributed by atoms with Crippen molar-refractivity contribution in [3.63, 3.8) is 0 Å². The van der Waals surface area contributed by atoms with Crippen LogP contribution in [0.2, 0.25) is 0 Å². The lowest BCUT2D eigenvalue weighted by Crippen LogP contribution is -3.16. The highest BCUT2D eigenvalue weighted by Crippen LogP contribution is 2.30. The minimum absolute atomic E-state index is 0.135. The summed E-state index contributed by atoms with van der Waals surface area (Å²) in [5.41, 5.74) is 0.874. The first-order valence-electron chi connectivity index (χ1n) is 7.18. The number of ether oxygens (including phenoxy) is 1. The highest BCUT2D eigenvalue weighted by Gasteiger charge is 2.45. The Labute approximate surface area is 140 Å². The fourth-order valence-electron chi connectivity index (χ4n) is 3.18. The normalized spacial score (nSPS) is 26.6. The molecule has 0 aliphatic carbocycles. The smallest absolute Gasteiger partial charge is 0.364 e. The lowest BCUT2D eigenvalue weighted by molar-refractivity contribution is -0.903. The molecule has 0 bridgehead atoms. The van der Waals surface area contributed by atoms with Gasteiger partial charge < -0.3 is 14.7 Å². The molecular formula is C15H16BrN2O5+. The molecule has 2 aliphatic rings. The number of hydrogen-bond donors (Lipinski definition) is 2. The Bertz CT molecular complexity index is 692. The molecule has 1 aromatic carbocycles. The number of fused-ring (bicyclic) bond motifs is 1. The van der Waals surface area contributed by atoms with Crippen LogP contribution < -0.4 is 9.80 Å². The third-order valence-corrected chi connectivity index (χ3v) is 4.77. The molecule has 8 heteroatoms. The van der Waals surface area contributed by atoms with E-state index in [1.807, 2.05) is 0 Å². The van der Waals surface area contributed by atoms with Crippen molar-refractivity contribution in [2.45, 2.75) is 18.6 Å². The standard InChI is InChI=1S/C15H15BrN2O5/c1-23-15(22)12-5-9(19)6-17(12)7-18-11-3-2-8(16)4-10(11)13(20)14(18)21/h2-4,9,12,19H,5-7H2,1H3/p+1/t9-,12-/m0/s1. The maximum atomic E-state index is 12.3. The highest BCUT2D eigenvalue weighted by molar-refractivity contribution is 9.10. The van der Waals surface area contributed by atoms with Crippen LogP contribution in [0.3, 0.4) is 0 Å². The van der Waals surface area contributed by atoms with E-state index in [9.17, 15) is 19.5 Å². The number of Topliss-reactive ketones (excluding diaryl/α,β-unsaturated/α-hetero) is 1. The number of hydrogen-bond acceptors (Lipinski definition) is 5. The van der Waals surface area contributed by atoms with Crippen LogP contribution in [0.15, 0.2) is 22.7 Å². The van der Waals surface area contributed by atoms with Gasteiger partial charge in [0.1, 0.15) is 12.6 Å². The van der Waals surface area contributed by atoms with Crippen LogP contribution in [-0.2, 0) is 14.3 Å². The molecule has 1 fully saturated rings. The van der Waals surface area contributed by atoms with E-state index in [0.717, 1.165) is 4.47 Å². The maximum Gasteiger partial charge on any atom is 0.364 e. The summed E-state index contributed by atoms with van der Waals surface area (Å²) in [5, 5.41) is 9.83. The number of nitrogens with zero attached hydrogens (tertiary/aromatic N) is 1. The zero-order chi connectivity index (χ0) is 16.7. The van der Waals surface area contributed by atoms with Crippen molar-refractivity contribution < 1.29 is 29.1 Å². The lowest BCUT2D eigenvalue weighted by atomic mass is 10.1. The number of esters is 1. The second-order valence-electron chi connectivity index (χ2n) is 5.71. The van der Waals surface area contributed by atoms with Crippen LogP contribution >= 0.6 is 15.9 Å². The number of halogens is 1. The van der Waals surface area contributed by atoms with Crippen LogP contribution in [0.4, 0.5) is 5.69 Å². The molecule has 3 atom stereocenters. The molecular weight excluding hydrogens is 368 g/mol. The summed E-state index contributed by atoms with van der Waals surface area (Å²) in [7, 11) is 1.29. The molecule has 1 amide bonds. The number of rotatable bonds is 3. The second-order valence-corrected chi connectivity index (χ2v) is 6.63. The van der Waals surface area contributed by atoms with E-state index in [1.165, 1.54) is 12.0 Å². The van der Waals surface area contributed by atoms with Crippen LogP contribution in [0, 0.1) is 0 Å². The Kier molecular flexibility index (Phi) is 4.22. The number of likely N-dealkylation sites (tertiary alicyclic amines) is 1.